The van der Waals surface area contributed by atoms with Crippen molar-refractivity contribution in [1.29, 1.82) is 0 Å². The molecule has 0 saturated carbocycles. The summed E-state index contributed by atoms with van der Waals surface area (Å²) in [6.45, 7) is 9.97. The first-order valence-corrected chi connectivity index (χ1v) is 13.7. The zero-order chi connectivity index (χ0) is 28.4. The first-order valence-electron chi connectivity index (χ1n) is 12.2. The molecular formula is C27H32FN3O7S. The maximum absolute atomic E-state index is 14.1. The molecule has 1 aromatic heterocycles. The van der Waals surface area contributed by atoms with Gasteiger partial charge < -0.3 is 23.7 Å². The Balaban J connectivity index is 1.68. The van der Waals surface area contributed by atoms with Crippen molar-refractivity contribution < 1.29 is 36.5 Å². The van der Waals surface area contributed by atoms with Gasteiger partial charge >= 0.3 is 0 Å². The van der Waals surface area contributed by atoms with E-state index in [0.717, 1.165) is 18.0 Å². The molecule has 1 fully saturated rings. The summed E-state index contributed by atoms with van der Waals surface area (Å²) >= 11 is 0. The smallest absolute Gasteiger partial charge is 0.263 e. The Kier molecular flexibility index (Phi) is 8.01. The predicted octanol–water partition coefficient (Wildman–Crippen LogP) is 5.05. The van der Waals surface area contributed by atoms with E-state index >= 15 is 0 Å². The molecule has 1 atom stereocenters. The van der Waals surface area contributed by atoms with E-state index in [4.69, 9.17) is 23.7 Å². The number of hydrogen-bond acceptors (Lipinski definition) is 9. The van der Waals surface area contributed by atoms with Crippen LogP contribution in [0.25, 0.3) is 0 Å². The van der Waals surface area contributed by atoms with Gasteiger partial charge in [0.1, 0.15) is 24.9 Å². The van der Waals surface area contributed by atoms with E-state index in [0.29, 0.717) is 0 Å². The molecule has 0 radical (unpaired) electrons. The van der Waals surface area contributed by atoms with Gasteiger partial charge in [-0.1, -0.05) is 32.9 Å². The minimum absolute atomic E-state index is 0.0182. The molecule has 1 saturated heterocycles. The van der Waals surface area contributed by atoms with E-state index in [2.05, 4.69) is 14.7 Å². The van der Waals surface area contributed by atoms with Crippen LogP contribution in [0.2, 0.25) is 0 Å². The lowest BCUT2D eigenvalue weighted by Crippen LogP contribution is -2.25. The Morgan fingerprint density at radius 2 is 1.82 bits per heavy atom. The van der Waals surface area contributed by atoms with Crippen LogP contribution in [0.15, 0.2) is 53.7 Å². The van der Waals surface area contributed by atoms with Gasteiger partial charge in [0.05, 0.1) is 18.6 Å². The van der Waals surface area contributed by atoms with E-state index in [-0.39, 0.29) is 52.5 Å². The fourth-order valence-electron chi connectivity index (χ4n) is 3.80. The first kappa shape index (κ1) is 28.5. The monoisotopic (exact) mass is 561 g/mol. The van der Waals surface area contributed by atoms with Gasteiger partial charge in [-0.25, -0.2) is 17.8 Å². The lowest BCUT2D eigenvalue weighted by molar-refractivity contribution is -0.141. The summed E-state index contributed by atoms with van der Waals surface area (Å²) in [5.74, 6) is -1.68. The SMILES string of the molecule is COc1ccc(F)cc1Oc1c(NS(=O)(=O)c2ccc(C(C)(C)C)cc2)ncnc1OCC1COC(C)(C)O1. The molecule has 1 N–H and O–H groups in total. The summed E-state index contributed by atoms with van der Waals surface area (Å²) in [4.78, 5) is 8.23. The summed E-state index contributed by atoms with van der Waals surface area (Å²) < 4.78 is 71.5. The van der Waals surface area contributed by atoms with Crippen LogP contribution in [0.3, 0.4) is 0 Å². The standard InChI is InChI=1S/C27H32FN3O7S/c1-26(2,3)17-7-10-20(11-8-17)39(32,33)31-24-23(37-22-13-18(28)9-12-21(22)34-6)25(30-16-29-24)35-14-19-15-36-27(4,5)38-19/h7-13,16,19H,14-15H2,1-6H3,(H,29,30,31). The van der Waals surface area contributed by atoms with Crippen LogP contribution < -0.4 is 18.9 Å². The molecule has 0 aliphatic carbocycles. The fourth-order valence-corrected chi connectivity index (χ4v) is 4.81. The minimum Gasteiger partial charge on any atom is -0.493 e. The van der Waals surface area contributed by atoms with Gasteiger partial charge in [-0.15, -0.1) is 0 Å². The summed E-state index contributed by atoms with van der Waals surface area (Å²) in [6, 6.07) is 10.2. The topological polar surface area (TPSA) is 118 Å². The van der Waals surface area contributed by atoms with Crippen molar-refractivity contribution in [3.8, 4) is 23.1 Å². The molecular weight excluding hydrogens is 529 g/mol. The highest BCUT2D eigenvalue weighted by atomic mass is 32.2. The van der Waals surface area contributed by atoms with Gasteiger partial charge in [0.15, 0.2) is 23.1 Å². The van der Waals surface area contributed by atoms with Crippen molar-refractivity contribution in [1.82, 2.24) is 9.97 Å². The van der Waals surface area contributed by atoms with E-state index in [1.165, 1.54) is 31.4 Å². The van der Waals surface area contributed by atoms with Gasteiger partial charge in [-0.2, -0.15) is 4.98 Å². The number of nitrogens with one attached hydrogen (secondary N) is 1. The van der Waals surface area contributed by atoms with Crippen LogP contribution in [0.4, 0.5) is 10.2 Å². The zero-order valence-electron chi connectivity index (χ0n) is 22.6. The average molecular weight is 562 g/mol. The average Bonchev–Trinajstić information content (AvgIpc) is 3.22. The highest BCUT2D eigenvalue weighted by Gasteiger charge is 2.33. The lowest BCUT2D eigenvalue weighted by Gasteiger charge is -2.20. The number of benzene rings is 2. The van der Waals surface area contributed by atoms with Gasteiger partial charge in [0.25, 0.3) is 15.9 Å². The van der Waals surface area contributed by atoms with Gasteiger partial charge in [0.2, 0.25) is 5.75 Å². The number of aromatic nitrogens is 2. The number of rotatable bonds is 9. The predicted molar refractivity (Wildman–Crippen MR) is 141 cm³/mol. The third-order valence-electron chi connectivity index (χ3n) is 5.84. The van der Waals surface area contributed by atoms with E-state index < -0.39 is 27.7 Å². The van der Waals surface area contributed by atoms with Crippen LogP contribution in [0.1, 0.15) is 40.2 Å². The second-order valence-electron chi connectivity index (χ2n) is 10.4. The third-order valence-corrected chi connectivity index (χ3v) is 7.20. The maximum Gasteiger partial charge on any atom is 0.263 e. The Morgan fingerprint density at radius 3 is 2.44 bits per heavy atom. The number of hydrogen-bond donors (Lipinski definition) is 1. The van der Waals surface area contributed by atoms with Crippen LogP contribution >= 0.6 is 0 Å². The number of methoxy groups -OCH3 is 1. The lowest BCUT2D eigenvalue weighted by atomic mass is 9.87. The molecule has 39 heavy (non-hydrogen) atoms. The largest absolute Gasteiger partial charge is 0.493 e. The number of halogens is 1. The summed E-state index contributed by atoms with van der Waals surface area (Å²) in [5, 5.41) is 0. The van der Waals surface area contributed by atoms with Crippen molar-refractivity contribution in [3.05, 3.63) is 60.2 Å². The number of ether oxygens (including phenoxy) is 5. The Hall–Kier alpha value is -3.48. The van der Waals surface area contributed by atoms with Gasteiger partial charge in [-0.3, -0.25) is 4.72 Å². The number of sulfonamides is 1. The highest BCUT2D eigenvalue weighted by molar-refractivity contribution is 7.92. The molecule has 4 rings (SSSR count). The van der Waals surface area contributed by atoms with E-state index in [1.807, 2.05) is 20.8 Å². The maximum atomic E-state index is 14.1. The molecule has 1 aliphatic heterocycles. The molecule has 2 aromatic carbocycles. The molecule has 210 valence electrons. The van der Waals surface area contributed by atoms with Crippen molar-refractivity contribution in [2.45, 2.75) is 56.8 Å². The second kappa shape index (κ2) is 10.9. The van der Waals surface area contributed by atoms with Crippen molar-refractivity contribution in [2.75, 3.05) is 25.0 Å². The summed E-state index contributed by atoms with van der Waals surface area (Å²) in [5.41, 5.74) is 0.825. The Bertz CT molecular complexity index is 1420. The van der Waals surface area contributed by atoms with Crippen molar-refractivity contribution in [3.63, 3.8) is 0 Å². The summed E-state index contributed by atoms with van der Waals surface area (Å²) in [7, 11) is -2.71. The normalized spacial score (nSPS) is 17.1. The molecule has 12 heteroatoms. The molecule has 1 aliphatic rings. The van der Waals surface area contributed by atoms with Crippen molar-refractivity contribution >= 4 is 15.8 Å². The van der Waals surface area contributed by atoms with E-state index in [1.54, 1.807) is 26.0 Å². The molecule has 2 heterocycles. The molecule has 10 nitrogen and oxygen atoms in total. The molecule has 0 spiro atoms. The van der Waals surface area contributed by atoms with Gasteiger partial charge in [-0.05, 0) is 49.1 Å². The van der Waals surface area contributed by atoms with E-state index in [9.17, 15) is 12.8 Å². The number of nitrogens with zero attached hydrogens (tertiary/aromatic N) is 2. The van der Waals surface area contributed by atoms with Gasteiger partial charge in [0, 0.05) is 6.07 Å². The molecule has 3 aromatic rings. The Labute approximate surface area is 227 Å². The Morgan fingerprint density at radius 1 is 1.10 bits per heavy atom. The quantitative estimate of drug-likeness (QED) is 0.383. The van der Waals surface area contributed by atoms with Crippen LogP contribution in [-0.4, -0.2) is 50.6 Å². The third kappa shape index (κ3) is 6.94. The minimum atomic E-state index is -4.10. The van der Waals surface area contributed by atoms with Crippen LogP contribution in [-0.2, 0) is 24.9 Å². The zero-order valence-corrected chi connectivity index (χ0v) is 23.5. The molecule has 1 unspecified atom stereocenters. The molecule has 0 amide bonds. The number of anilines is 1. The van der Waals surface area contributed by atoms with Crippen molar-refractivity contribution in [2.24, 2.45) is 0 Å². The van der Waals surface area contributed by atoms with Crippen LogP contribution in [0.5, 0.6) is 23.1 Å². The second-order valence-corrected chi connectivity index (χ2v) is 12.1. The van der Waals surface area contributed by atoms with Crippen LogP contribution in [0, 0.1) is 5.82 Å². The fraction of sp³-hybridized carbons (Fsp3) is 0.407. The highest BCUT2D eigenvalue weighted by Crippen LogP contribution is 2.40. The summed E-state index contributed by atoms with van der Waals surface area (Å²) in [6.07, 6.45) is 0.717. The first-order chi connectivity index (χ1) is 18.3. The molecule has 0 bridgehead atoms.